The molecule has 1 unspecified atom stereocenters. The Morgan fingerprint density at radius 2 is 1.89 bits per heavy atom. The molecule has 0 heterocycles. The number of hydrogen-bond donors (Lipinski definition) is 2. The SMILES string of the molecule is CCCCC(NC(=O)[C@H](C)c1ccccc1)C(=O)O. The molecular formula is C15H21NO3. The van der Waals surface area contributed by atoms with Crippen molar-refractivity contribution in [1.82, 2.24) is 5.32 Å². The zero-order valence-corrected chi connectivity index (χ0v) is 11.4. The molecule has 0 spiro atoms. The first kappa shape index (κ1) is 15.2. The van der Waals surface area contributed by atoms with E-state index >= 15 is 0 Å². The number of carboxylic acid groups (broad SMARTS) is 1. The highest BCUT2D eigenvalue weighted by atomic mass is 16.4. The number of aliphatic carboxylic acids is 1. The van der Waals surface area contributed by atoms with Crippen molar-refractivity contribution in [1.29, 1.82) is 0 Å². The van der Waals surface area contributed by atoms with Gasteiger partial charge in [0.15, 0.2) is 0 Å². The van der Waals surface area contributed by atoms with Gasteiger partial charge in [-0.2, -0.15) is 0 Å². The minimum absolute atomic E-state index is 0.241. The van der Waals surface area contributed by atoms with Crippen LogP contribution in [0.15, 0.2) is 30.3 Å². The van der Waals surface area contributed by atoms with Crippen LogP contribution in [-0.2, 0) is 9.59 Å². The van der Waals surface area contributed by atoms with Crippen molar-refractivity contribution in [2.24, 2.45) is 0 Å². The van der Waals surface area contributed by atoms with Crippen LogP contribution in [0.2, 0.25) is 0 Å². The number of carboxylic acids is 1. The molecule has 2 atom stereocenters. The molecule has 0 radical (unpaired) electrons. The van der Waals surface area contributed by atoms with Crippen LogP contribution in [0, 0.1) is 0 Å². The second kappa shape index (κ2) is 7.56. The second-order valence-corrected chi connectivity index (χ2v) is 4.67. The average molecular weight is 263 g/mol. The summed E-state index contributed by atoms with van der Waals surface area (Å²) in [5, 5.41) is 11.7. The van der Waals surface area contributed by atoms with Crippen LogP contribution in [0.1, 0.15) is 44.6 Å². The number of amides is 1. The third-order valence-corrected chi connectivity index (χ3v) is 3.15. The number of nitrogens with one attached hydrogen (secondary N) is 1. The van der Waals surface area contributed by atoms with Crippen LogP contribution in [0.3, 0.4) is 0 Å². The van der Waals surface area contributed by atoms with Gasteiger partial charge in [0, 0.05) is 0 Å². The predicted molar refractivity (Wildman–Crippen MR) is 73.9 cm³/mol. The normalized spacial score (nSPS) is 13.6. The Morgan fingerprint density at radius 1 is 1.26 bits per heavy atom. The van der Waals surface area contributed by atoms with Gasteiger partial charge in [0.2, 0.25) is 5.91 Å². The van der Waals surface area contributed by atoms with E-state index in [0.717, 1.165) is 18.4 Å². The highest BCUT2D eigenvalue weighted by molar-refractivity contribution is 5.87. The van der Waals surface area contributed by atoms with E-state index in [1.54, 1.807) is 6.92 Å². The molecule has 4 heteroatoms. The average Bonchev–Trinajstić information content (AvgIpc) is 2.43. The van der Waals surface area contributed by atoms with Crippen LogP contribution in [-0.4, -0.2) is 23.0 Å². The van der Waals surface area contributed by atoms with Crippen molar-refractivity contribution in [2.75, 3.05) is 0 Å². The highest BCUT2D eigenvalue weighted by Gasteiger charge is 2.22. The smallest absolute Gasteiger partial charge is 0.326 e. The zero-order valence-electron chi connectivity index (χ0n) is 11.4. The fraction of sp³-hybridized carbons (Fsp3) is 0.467. The number of benzene rings is 1. The van der Waals surface area contributed by atoms with E-state index in [4.69, 9.17) is 5.11 Å². The first-order chi connectivity index (χ1) is 9.06. The van der Waals surface area contributed by atoms with E-state index in [0.29, 0.717) is 6.42 Å². The van der Waals surface area contributed by atoms with Gasteiger partial charge in [-0.25, -0.2) is 4.79 Å². The van der Waals surface area contributed by atoms with E-state index in [1.165, 1.54) is 0 Å². The Hall–Kier alpha value is -1.84. The molecule has 2 N–H and O–H groups in total. The van der Waals surface area contributed by atoms with Gasteiger partial charge < -0.3 is 10.4 Å². The first-order valence-electron chi connectivity index (χ1n) is 6.64. The van der Waals surface area contributed by atoms with Gasteiger partial charge in [-0.1, -0.05) is 50.1 Å². The number of hydrogen-bond acceptors (Lipinski definition) is 2. The van der Waals surface area contributed by atoms with Crippen molar-refractivity contribution in [3.63, 3.8) is 0 Å². The summed E-state index contributed by atoms with van der Waals surface area (Å²) < 4.78 is 0. The lowest BCUT2D eigenvalue weighted by Crippen LogP contribution is -2.42. The summed E-state index contributed by atoms with van der Waals surface area (Å²) in [5.74, 6) is -1.55. The molecule has 0 aromatic heterocycles. The Morgan fingerprint density at radius 3 is 2.42 bits per heavy atom. The first-order valence-corrected chi connectivity index (χ1v) is 6.64. The third kappa shape index (κ3) is 4.73. The summed E-state index contributed by atoms with van der Waals surface area (Å²) >= 11 is 0. The monoisotopic (exact) mass is 263 g/mol. The van der Waals surface area contributed by atoms with E-state index in [-0.39, 0.29) is 11.8 Å². The topological polar surface area (TPSA) is 66.4 Å². The number of unbranched alkanes of at least 4 members (excludes halogenated alkanes) is 1. The molecule has 1 amide bonds. The molecule has 104 valence electrons. The molecule has 0 bridgehead atoms. The molecule has 0 saturated heterocycles. The molecule has 1 aromatic rings. The number of rotatable bonds is 7. The lowest BCUT2D eigenvalue weighted by molar-refractivity contribution is -0.142. The second-order valence-electron chi connectivity index (χ2n) is 4.67. The number of carbonyl (C=O) groups is 2. The van der Waals surface area contributed by atoms with Crippen LogP contribution in [0.5, 0.6) is 0 Å². The van der Waals surface area contributed by atoms with Crippen LogP contribution < -0.4 is 5.32 Å². The van der Waals surface area contributed by atoms with Gasteiger partial charge in [-0.15, -0.1) is 0 Å². The van der Waals surface area contributed by atoms with Crippen molar-refractivity contribution < 1.29 is 14.7 Å². The molecule has 0 saturated carbocycles. The fourth-order valence-corrected chi connectivity index (χ4v) is 1.86. The van der Waals surface area contributed by atoms with E-state index in [9.17, 15) is 9.59 Å². The summed E-state index contributed by atoms with van der Waals surface area (Å²) in [6.07, 6.45) is 2.17. The maximum atomic E-state index is 12.0. The largest absolute Gasteiger partial charge is 0.480 e. The predicted octanol–water partition coefficient (Wildman–Crippen LogP) is 2.55. The molecule has 19 heavy (non-hydrogen) atoms. The molecule has 1 aromatic carbocycles. The van der Waals surface area contributed by atoms with Gasteiger partial charge >= 0.3 is 5.97 Å². The van der Waals surface area contributed by atoms with E-state index < -0.39 is 12.0 Å². The summed E-state index contributed by atoms with van der Waals surface area (Å²) in [4.78, 5) is 23.1. The highest BCUT2D eigenvalue weighted by Crippen LogP contribution is 2.15. The zero-order chi connectivity index (χ0) is 14.3. The third-order valence-electron chi connectivity index (χ3n) is 3.15. The fourth-order valence-electron chi connectivity index (χ4n) is 1.86. The van der Waals surface area contributed by atoms with Crippen molar-refractivity contribution in [2.45, 2.75) is 45.1 Å². The van der Waals surface area contributed by atoms with Gasteiger partial charge in [-0.05, 0) is 18.9 Å². The standard InChI is InChI=1S/C15H21NO3/c1-3-4-10-13(15(18)19)16-14(17)11(2)12-8-6-5-7-9-12/h5-9,11,13H,3-4,10H2,1-2H3,(H,16,17)(H,18,19)/t11-,13?/m1/s1. The lowest BCUT2D eigenvalue weighted by atomic mass is 9.99. The lowest BCUT2D eigenvalue weighted by Gasteiger charge is -2.17. The summed E-state index contributed by atoms with van der Waals surface area (Å²) in [7, 11) is 0. The van der Waals surface area contributed by atoms with Gasteiger partial charge in [0.25, 0.3) is 0 Å². The molecule has 0 aliphatic rings. The maximum Gasteiger partial charge on any atom is 0.326 e. The van der Waals surface area contributed by atoms with Crippen LogP contribution >= 0.6 is 0 Å². The van der Waals surface area contributed by atoms with Crippen LogP contribution in [0.4, 0.5) is 0 Å². The number of carbonyl (C=O) groups excluding carboxylic acids is 1. The summed E-state index contributed by atoms with van der Waals surface area (Å²) in [6.45, 7) is 3.77. The summed E-state index contributed by atoms with van der Waals surface area (Å²) in [5.41, 5.74) is 0.889. The maximum absolute atomic E-state index is 12.0. The van der Waals surface area contributed by atoms with Gasteiger partial charge in [0.1, 0.15) is 6.04 Å². The Labute approximate surface area is 113 Å². The van der Waals surface area contributed by atoms with Crippen molar-refractivity contribution in [3.05, 3.63) is 35.9 Å². The van der Waals surface area contributed by atoms with E-state index in [1.807, 2.05) is 37.3 Å². The van der Waals surface area contributed by atoms with Gasteiger partial charge in [0.05, 0.1) is 5.92 Å². The quantitative estimate of drug-likeness (QED) is 0.794. The van der Waals surface area contributed by atoms with E-state index in [2.05, 4.69) is 5.32 Å². The minimum atomic E-state index is -0.970. The molecule has 0 aliphatic carbocycles. The molecule has 1 rings (SSSR count). The Bertz CT molecular complexity index is 417. The van der Waals surface area contributed by atoms with Crippen LogP contribution in [0.25, 0.3) is 0 Å². The molecular weight excluding hydrogens is 242 g/mol. The Kier molecular flexibility index (Phi) is 6.06. The van der Waals surface area contributed by atoms with Crippen molar-refractivity contribution >= 4 is 11.9 Å². The Balaban J connectivity index is 2.64. The van der Waals surface area contributed by atoms with Crippen molar-refractivity contribution in [3.8, 4) is 0 Å². The molecule has 0 aliphatic heterocycles. The molecule has 0 fully saturated rings. The summed E-state index contributed by atoms with van der Waals surface area (Å²) in [6, 6.07) is 8.56. The van der Waals surface area contributed by atoms with Gasteiger partial charge in [-0.3, -0.25) is 4.79 Å². The minimum Gasteiger partial charge on any atom is -0.480 e. The molecule has 4 nitrogen and oxygen atoms in total.